The molecule has 6 nitrogen and oxygen atoms in total. The first-order valence-corrected chi connectivity index (χ1v) is 6.36. The highest BCUT2D eigenvalue weighted by Crippen LogP contribution is 2.34. The van der Waals surface area contributed by atoms with Gasteiger partial charge >= 0.3 is 11.9 Å². The lowest BCUT2D eigenvalue weighted by atomic mass is 10.1. The van der Waals surface area contributed by atoms with Crippen molar-refractivity contribution in [2.45, 2.75) is 6.42 Å². The van der Waals surface area contributed by atoms with Gasteiger partial charge < -0.3 is 15.1 Å². The fourth-order valence-corrected chi connectivity index (χ4v) is 2.39. The highest BCUT2D eigenvalue weighted by atomic mass is 79.9. The summed E-state index contributed by atoms with van der Waals surface area (Å²) in [6.45, 7) is -0.248. The number of rotatable bonds is 3. The van der Waals surface area contributed by atoms with Gasteiger partial charge in [-0.05, 0) is 28.1 Å². The second-order valence-corrected chi connectivity index (χ2v) is 5.16. The SMILES string of the molecule is O=C(O)c1ccc(Br)c(F)c1N1CC(C(=O)O)CC1=O. The Morgan fingerprint density at radius 1 is 1.35 bits per heavy atom. The zero-order chi connectivity index (χ0) is 15.0. The predicted octanol–water partition coefficient (Wildman–Crippen LogP) is 1.72. The van der Waals surface area contributed by atoms with Gasteiger partial charge in [-0.15, -0.1) is 0 Å². The van der Waals surface area contributed by atoms with Crippen LogP contribution in [0.4, 0.5) is 10.1 Å². The van der Waals surface area contributed by atoms with Crippen molar-refractivity contribution < 1.29 is 29.0 Å². The number of benzene rings is 1. The molecule has 8 heteroatoms. The van der Waals surface area contributed by atoms with Gasteiger partial charge in [-0.25, -0.2) is 9.18 Å². The maximum Gasteiger partial charge on any atom is 0.337 e. The van der Waals surface area contributed by atoms with Crippen molar-refractivity contribution in [3.05, 3.63) is 28.0 Å². The summed E-state index contributed by atoms with van der Waals surface area (Å²) in [4.78, 5) is 34.7. The lowest BCUT2D eigenvalue weighted by Crippen LogP contribution is -2.28. The molecule has 0 radical (unpaired) electrons. The first-order chi connectivity index (χ1) is 9.32. The van der Waals surface area contributed by atoms with Crippen molar-refractivity contribution in [1.29, 1.82) is 0 Å². The average Bonchev–Trinajstić information content (AvgIpc) is 2.74. The zero-order valence-corrected chi connectivity index (χ0v) is 11.6. The fraction of sp³-hybridized carbons (Fsp3) is 0.250. The molecule has 0 spiro atoms. The largest absolute Gasteiger partial charge is 0.481 e. The van der Waals surface area contributed by atoms with Crippen LogP contribution < -0.4 is 4.90 Å². The van der Waals surface area contributed by atoms with Crippen LogP contribution in [0.5, 0.6) is 0 Å². The minimum Gasteiger partial charge on any atom is -0.481 e. The highest BCUT2D eigenvalue weighted by molar-refractivity contribution is 9.10. The van der Waals surface area contributed by atoms with Gasteiger partial charge in [0, 0.05) is 13.0 Å². The smallest absolute Gasteiger partial charge is 0.337 e. The van der Waals surface area contributed by atoms with E-state index in [2.05, 4.69) is 15.9 Å². The van der Waals surface area contributed by atoms with E-state index in [1.165, 1.54) is 6.07 Å². The van der Waals surface area contributed by atoms with Crippen LogP contribution in [-0.4, -0.2) is 34.6 Å². The maximum absolute atomic E-state index is 14.1. The van der Waals surface area contributed by atoms with E-state index in [-0.39, 0.29) is 23.0 Å². The van der Waals surface area contributed by atoms with Gasteiger partial charge in [0.25, 0.3) is 0 Å². The van der Waals surface area contributed by atoms with Crippen LogP contribution in [-0.2, 0) is 9.59 Å². The molecule has 1 aromatic carbocycles. The molecule has 1 aromatic rings. The van der Waals surface area contributed by atoms with E-state index in [9.17, 15) is 18.8 Å². The number of aromatic carboxylic acids is 1. The molecule has 0 aliphatic carbocycles. The van der Waals surface area contributed by atoms with Gasteiger partial charge in [-0.3, -0.25) is 9.59 Å². The Kier molecular flexibility index (Phi) is 3.76. The third kappa shape index (κ3) is 2.38. The molecular weight excluding hydrogens is 337 g/mol. The molecule has 2 rings (SSSR count). The van der Waals surface area contributed by atoms with E-state index in [0.29, 0.717) is 0 Å². The quantitative estimate of drug-likeness (QED) is 0.869. The van der Waals surface area contributed by atoms with Crippen molar-refractivity contribution in [3.63, 3.8) is 0 Å². The van der Waals surface area contributed by atoms with Gasteiger partial charge in [-0.2, -0.15) is 0 Å². The lowest BCUT2D eigenvalue weighted by molar-refractivity contribution is -0.141. The van der Waals surface area contributed by atoms with Crippen LogP contribution in [0, 0.1) is 11.7 Å². The topological polar surface area (TPSA) is 94.9 Å². The molecule has 1 saturated heterocycles. The Bertz CT molecular complexity index is 618. The summed E-state index contributed by atoms with van der Waals surface area (Å²) in [5.74, 6) is -5.05. The number of carboxylic acid groups (broad SMARTS) is 2. The number of amides is 1. The third-order valence-corrected chi connectivity index (χ3v) is 3.66. The molecule has 1 unspecified atom stereocenters. The fourth-order valence-electron chi connectivity index (χ4n) is 2.07. The molecule has 106 valence electrons. The van der Waals surface area contributed by atoms with Crippen molar-refractivity contribution >= 4 is 39.5 Å². The molecule has 1 amide bonds. The number of hydrogen-bond acceptors (Lipinski definition) is 3. The normalized spacial score (nSPS) is 18.4. The molecule has 0 aromatic heterocycles. The number of carbonyl (C=O) groups is 3. The summed E-state index contributed by atoms with van der Waals surface area (Å²) in [6, 6.07) is 2.38. The van der Waals surface area contributed by atoms with E-state index >= 15 is 0 Å². The van der Waals surface area contributed by atoms with Gasteiger partial charge in [0.15, 0.2) is 5.82 Å². The minimum atomic E-state index is -1.39. The van der Waals surface area contributed by atoms with E-state index in [4.69, 9.17) is 10.2 Å². The van der Waals surface area contributed by atoms with E-state index in [1.54, 1.807) is 0 Å². The molecule has 0 bridgehead atoms. The molecule has 0 saturated carbocycles. The van der Waals surface area contributed by atoms with Gasteiger partial charge in [-0.1, -0.05) is 0 Å². The first kappa shape index (κ1) is 14.4. The van der Waals surface area contributed by atoms with Gasteiger partial charge in [0.1, 0.15) is 0 Å². The predicted molar refractivity (Wildman–Crippen MR) is 69.2 cm³/mol. The van der Waals surface area contributed by atoms with Crippen molar-refractivity contribution in [3.8, 4) is 0 Å². The molecule has 1 aliphatic heterocycles. The molecule has 1 aliphatic rings. The van der Waals surface area contributed by atoms with Crippen LogP contribution in [0.3, 0.4) is 0 Å². The van der Waals surface area contributed by atoms with Crippen molar-refractivity contribution in [1.82, 2.24) is 0 Å². The van der Waals surface area contributed by atoms with Crippen LogP contribution >= 0.6 is 15.9 Å². The van der Waals surface area contributed by atoms with Crippen LogP contribution in [0.1, 0.15) is 16.8 Å². The zero-order valence-electron chi connectivity index (χ0n) is 9.97. The second kappa shape index (κ2) is 5.20. The van der Waals surface area contributed by atoms with Crippen LogP contribution in [0.15, 0.2) is 16.6 Å². The van der Waals surface area contributed by atoms with Crippen LogP contribution in [0.25, 0.3) is 0 Å². The molecule has 1 fully saturated rings. The number of nitrogens with zero attached hydrogens (tertiary/aromatic N) is 1. The Balaban J connectivity index is 2.52. The summed E-state index contributed by atoms with van der Waals surface area (Å²) in [5, 5.41) is 18.0. The molecule has 1 heterocycles. The highest BCUT2D eigenvalue weighted by Gasteiger charge is 2.38. The molecule has 2 N–H and O–H groups in total. The number of carboxylic acids is 2. The van der Waals surface area contributed by atoms with Gasteiger partial charge in [0.05, 0.1) is 21.6 Å². The molecule has 20 heavy (non-hydrogen) atoms. The Morgan fingerprint density at radius 3 is 2.50 bits per heavy atom. The molecular formula is C12H9BrFNO5. The summed E-state index contributed by atoms with van der Waals surface area (Å²) < 4.78 is 14.1. The number of carbonyl (C=O) groups excluding carboxylic acids is 1. The number of aliphatic carboxylic acids is 1. The monoisotopic (exact) mass is 345 g/mol. The number of anilines is 1. The number of hydrogen-bond donors (Lipinski definition) is 2. The van der Waals surface area contributed by atoms with Crippen LogP contribution in [0.2, 0.25) is 0 Å². The first-order valence-electron chi connectivity index (χ1n) is 5.57. The minimum absolute atomic E-state index is 0.00377. The van der Waals surface area contributed by atoms with Crippen molar-refractivity contribution in [2.24, 2.45) is 5.92 Å². The van der Waals surface area contributed by atoms with E-state index < -0.39 is 35.3 Å². The Morgan fingerprint density at radius 2 is 2.00 bits per heavy atom. The van der Waals surface area contributed by atoms with E-state index in [1.807, 2.05) is 0 Å². The molecule has 1 atom stereocenters. The summed E-state index contributed by atoms with van der Waals surface area (Å²) >= 11 is 2.92. The average molecular weight is 346 g/mol. The second-order valence-electron chi connectivity index (χ2n) is 4.31. The number of halogens is 2. The summed E-state index contributed by atoms with van der Waals surface area (Å²) in [5.41, 5.74) is -0.786. The Hall–Kier alpha value is -1.96. The maximum atomic E-state index is 14.1. The Labute approximate surface area is 120 Å². The van der Waals surface area contributed by atoms with Gasteiger partial charge in [0.2, 0.25) is 5.91 Å². The standard InChI is InChI=1S/C12H9BrFNO5/c13-7-2-1-6(12(19)20)10(9(7)14)15-4-5(11(17)18)3-8(15)16/h1-2,5H,3-4H2,(H,17,18)(H,19,20). The van der Waals surface area contributed by atoms with E-state index in [0.717, 1.165) is 11.0 Å². The van der Waals surface area contributed by atoms with Crippen molar-refractivity contribution in [2.75, 3.05) is 11.4 Å². The summed E-state index contributed by atoms with van der Waals surface area (Å²) in [6.07, 6.45) is -0.277. The third-order valence-electron chi connectivity index (χ3n) is 3.04. The summed E-state index contributed by atoms with van der Waals surface area (Å²) in [7, 11) is 0. The lowest BCUT2D eigenvalue weighted by Gasteiger charge is -2.19.